The van der Waals surface area contributed by atoms with Crippen LogP contribution in [0.1, 0.15) is 24.0 Å². The molecule has 5 heteroatoms. The number of aryl methyl sites for hydroxylation is 2. The number of carbonyl (C=O) groups excluding carboxylic acids is 1. The molecule has 0 aliphatic carbocycles. The second kappa shape index (κ2) is 7.22. The first kappa shape index (κ1) is 15.5. The standard InChI is InChI=1S/C16H21NO4/c1-12-3-2-4-13(9-12)5-6-15(18)17-7-8-21-14(11-17)10-16(19)20/h2-4,9,14H,5-8,10-11H2,1H3,(H,19,20)/t14-/m0/s1. The Hall–Kier alpha value is -1.88. The van der Waals surface area contributed by atoms with Gasteiger partial charge in [0.05, 0.1) is 19.1 Å². The van der Waals surface area contributed by atoms with E-state index in [0.717, 1.165) is 5.56 Å². The van der Waals surface area contributed by atoms with E-state index >= 15 is 0 Å². The molecule has 1 aromatic rings. The van der Waals surface area contributed by atoms with Gasteiger partial charge in [-0.05, 0) is 18.9 Å². The Morgan fingerprint density at radius 3 is 2.95 bits per heavy atom. The molecular weight excluding hydrogens is 270 g/mol. The molecule has 0 aromatic heterocycles. The first-order chi connectivity index (χ1) is 10.0. The van der Waals surface area contributed by atoms with Crippen molar-refractivity contribution in [1.29, 1.82) is 0 Å². The molecule has 1 aromatic carbocycles. The second-order valence-electron chi connectivity index (χ2n) is 5.42. The van der Waals surface area contributed by atoms with Gasteiger partial charge in [-0.1, -0.05) is 29.8 Å². The Morgan fingerprint density at radius 1 is 1.43 bits per heavy atom. The number of carboxylic acids is 1. The van der Waals surface area contributed by atoms with Gasteiger partial charge in [-0.2, -0.15) is 0 Å². The van der Waals surface area contributed by atoms with Gasteiger partial charge in [0.2, 0.25) is 5.91 Å². The number of ether oxygens (including phenoxy) is 1. The third-order valence-electron chi connectivity index (χ3n) is 3.60. The van der Waals surface area contributed by atoms with Gasteiger partial charge >= 0.3 is 5.97 Å². The smallest absolute Gasteiger partial charge is 0.306 e. The highest BCUT2D eigenvalue weighted by Crippen LogP contribution is 2.12. The number of amides is 1. The summed E-state index contributed by atoms with van der Waals surface area (Å²) in [6, 6.07) is 8.13. The van der Waals surface area contributed by atoms with E-state index in [1.54, 1.807) is 4.90 Å². The van der Waals surface area contributed by atoms with Crippen molar-refractivity contribution in [3.05, 3.63) is 35.4 Å². The van der Waals surface area contributed by atoms with E-state index in [9.17, 15) is 9.59 Å². The van der Waals surface area contributed by atoms with Gasteiger partial charge in [0, 0.05) is 19.5 Å². The average molecular weight is 291 g/mol. The lowest BCUT2D eigenvalue weighted by molar-refractivity contribution is -0.147. The number of hydrogen-bond acceptors (Lipinski definition) is 3. The van der Waals surface area contributed by atoms with E-state index in [1.165, 1.54) is 5.56 Å². The lowest BCUT2D eigenvalue weighted by Crippen LogP contribution is -2.46. The first-order valence-corrected chi connectivity index (χ1v) is 7.21. The number of benzene rings is 1. The van der Waals surface area contributed by atoms with Crippen LogP contribution in [0.25, 0.3) is 0 Å². The lowest BCUT2D eigenvalue weighted by Gasteiger charge is -2.32. The van der Waals surface area contributed by atoms with E-state index in [2.05, 4.69) is 6.07 Å². The van der Waals surface area contributed by atoms with Gasteiger partial charge in [0.1, 0.15) is 0 Å². The molecule has 0 radical (unpaired) electrons. The monoisotopic (exact) mass is 291 g/mol. The summed E-state index contributed by atoms with van der Waals surface area (Å²) in [5, 5.41) is 8.79. The molecular formula is C16H21NO4. The third kappa shape index (κ3) is 4.86. The molecule has 21 heavy (non-hydrogen) atoms. The number of nitrogens with zero attached hydrogens (tertiary/aromatic N) is 1. The highest BCUT2D eigenvalue weighted by Gasteiger charge is 2.25. The molecule has 114 valence electrons. The van der Waals surface area contributed by atoms with E-state index in [1.807, 2.05) is 25.1 Å². The minimum absolute atomic E-state index is 0.0539. The highest BCUT2D eigenvalue weighted by atomic mass is 16.5. The van der Waals surface area contributed by atoms with Crippen LogP contribution in [-0.4, -0.2) is 47.7 Å². The van der Waals surface area contributed by atoms with Gasteiger partial charge in [0.15, 0.2) is 0 Å². The molecule has 1 saturated heterocycles. The van der Waals surface area contributed by atoms with Crippen molar-refractivity contribution in [3.63, 3.8) is 0 Å². The second-order valence-corrected chi connectivity index (χ2v) is 5.42. The van der Waals surface area contributed by atoms with Crippen LogP contribution in [0.15, 0.2) is 24.3 Å². The topological polar surface area (TPSA) is 66.8 Å². The maximum absolute atomic E-state index is 12.2. The number of aliphatic carboxylic acids is 1. The van der Waals surface area contributed by atoms with Gasteiger partial charge < -0.3 is 14.7 Å². The molecule has 1 aliphatic heterocycles. The molecule has 1 heterocycles. The molecule has 0 saturated carbocycles. The minimum Gasteiger partial charge on any atom is -0.481 e. The van der Waals surface area contributed by atoms with E-state index in [-0.39, 0.29) is 18.4 Å². The molecule has 1 atom stereocenters. The van der Waals surface area contributed by atoms with Crippen molar-refractivity contribution in [2.45, 2.75) is 32.3 Å². The summed E-state index contributed by atoms with van der Waals surface area (Å²) in [4.78, 5) is 24.6. The Kier molecular flexibility index (Phi) is 5.33. The van der Waals surface area contributed by atoms with Crippen molar-refractivity contribution >= 4 is 11.9 Å². The average Bonchev–Trinajstić information content (AvgIpc) is 2.44. The molecule has 0 bridgehead atoms. The van der Waals surface area contributed by atoms with Crippen LogP contribution in [0, 0.1) is 6.92 Å². The molecule has 1 aliphatic rings. The van der Waals surface area contributed by atoms with Crippen LogP contribution in [0.4, 0.5) is 0 Å². The maximum atomic E-state index is 12.2. The van der Waals surface area contributed by atoms with Crippen molar-refractivity contribution in [2.24, 2.45) is 0 Å². The highest BCUT2D eigenvalue weighted by molar-refractivity contribution is 5.76. The number of hydrogen-bond donors (Lipinski definition) is 1. The van der Waals surface area contributed by atoms with Crippen LogP contribution < -0.4 is 0 Å². The zero-order valence-corrected chi connectivity index (χ0v) is 12.2. The Morgan fingerprint density at radius 2 is 2.24 bits per heavy atom. The third-order valence-corrected chi connectivity index (χ3v) is 3.60. The normalized spacial score (nSPS) is 18.5. The Balaban J connectivity index is 1.83. The summed E-state index contributed by atoms with van der Waals surface area (Å²) in [5.74, 6) is -0.829. The van der Waals surface area contributed by atoms with E-state index in [4.69, 9.17) is 9.84 Å². The first-order valence-electron chi connectivity index (χ1n) is 7.21. The van der Waals surface area contributed by atoms with Crippen LogP contribution in [0.2, 0.25) is 0 Å². The molecule has 1 amide bonds. The fraction of sp³-hybridized carbons (Fsp3) is 0.500. The van der Waals surface area contributed by atoms with Gasteiger partial charge in [0.25, 0.3) is 0 Å². The predicted molar refractivity (Wildman–Crippen MR) is 78.1 cm³/mol. The molecule has 1 fully saturated rings. The quantitative estimate of drug-likeness (QED) is 0.895. The van der Waals surface area contributed by atoms with Crippen molar-refractivity contribution in [2.75, 3.05) is 19.7 Å². The summed E-state index contributed by atoms with van der Waals surface area (Å²) in [7, 11) is 0. The molecule has 2 rings (SSSR count). The van der Waals surface area contributed by atoms with Gasteiger partial charge in [-0.15, -0.1) is 0 Å². The van der Waals surface area contributed by atoms with Crippen molar-refractivity contribution in [3.8, 4) is 0 Å². The summed E-state index contributed by atoms with van der Waals surface area (Å²) in [5.41, 5.74) is 2.34. The fourth-order valence-corrected chi connectivity index (χ4v) is 2.54. The zero-order valence-electron chi connectivity index (χ0n) is 12.2. The Bertz CT molecular complexity index is 515. The molecule has 1 N–H and O–H groups in total. The zero-order chi connectivity index (χ0) is 15.2. The summed E-state index contributed by atoms with van der Waals surface area (Å²) in [6.07, 6.45) is 0.714. The number of morpholine rings is 1. The molecule has 5 nitrogen and oxygen atoms in total. The minimum atomic E-state index is -0.894. The summed E-state index contributed by atoms with van der Waals surface area (Å²) in [6.45, 7) is 3.36. The van der Waals surface area contributed by atoms with E-state index in [0.29, 0.717) is 32.5 Å². The number of carboxylic acid groups (broad SMARTS) is 1. The van der Waals surface area contributed by atoms with Crippen LogP contribution in [0.3, 0.4) is 0 Å². The summed E-state index contributed by atoms with van der Waals surface area (Å²) < 4.78 is 5.37. The van der Waals surface area contributed by atoms with Crippen LogP contribution >= 0.6 is 0 Å². The fourth-order valence-electron chi connectivity index (χ4n) is 2.54. The predicted octanol–water partition coefficient (Wildman–Crippen LogP) is 1.63. The van der Waals surface area contributed by atoms with Gasteiger partial charge in [-0.25, -0.2) is 0 Å². The van der Waals surface area contributed by atoms with E-state index < -0.39 is 5.97 Å². The SMILES string of the molecule is Cc1cccc(CCC(=O)N2CCO[C@@H](CC(=O)O)C2)c1. The lowest BCUT2D eigenvalue weighted by atomic mass is 10.1. The van der Waals surface area contributed by atoms with Gasteiger partial charge in [-0.3, -0.25) is 9.59 Å². The van der Waals surface area contributed by atoms with Crippen molar-refractivity contribution < 1.29 is 19.4 Å². The maximum Gasteiger partial charge on any atom is 0.306 e. The number of rotatable bonds is 5. The Labute approximate surface area is 124 Å². The van der Waals surface area contributed by atoms with Crippen molar-refractivity contribution in [1.82, 2.24) is 4.90 Å². The van der Waals surface area contributed by atoms with Crippen LogP contribution in [0.5, 0.6) is 0 Å². The largest absolute Gasteiger partial charge is 0.481 e. The molecule has 0 unspecified atom stereocenters. The summed E-state index contributed by atoms with van der Waals surface area (Å²) >= 11 is 0. The molecule has 0 spiro atoms. The number of carbonyl (C=O) groups is 2. The van der Waals surface area contributed by atoms with Crippen LogP contribution in [-0.2, 0) is 20.7 Å².